The number of hydrogen-bond donors (Lipinski definition) is 0. The molecule has 9 aromatic rings. The molecule has 4 aromatic carbocycles. The van der Waals surface area contributed by atoms with Gasteiger partial charge in [-0.15, -0.1) is 0 Å². The summed E-state index contributed by atoms with van der Waals surface area (Å²) in [5.74, 6) is 0. The van der Waals surface area contributed by atoms with E-state index in [0.29, 0.717) is 0 Å². The van der Waals surface area contributed by atoms with Gasteiger partial charge in [-0.3, -0.25) is 19.9 Å². The molecule has 5 heteroatoms. The molecule has 5 heterocycles. The maximum atomic E-state index is 5.54. The summed E-state index contributed by atoms with van der Waals surface area (Å²) < 4.78 is 0. The van der Waals surface area contributed by atoms with Crippen molar-refractivity contribution in [1.82, 2.24) is 24.9 Å². The molecule has 5 aromatic heterocycles. The maximum absolute atomic E-state index is 5.54. The number of allylic oxidation sites excluding steroid dienone is 2. The molecule has 0 radical (unpaired) electrons. The van der Waals surface area contributed by atoms with Crippen LogP contribution in [0.3, 0.4) is 0 Å². The van der Waals surface area contributed by atoms with Gasteiger partial charge in [-0.05, 0) is 147 Å². The zero-order valence-electron chi connectivity index (χ0n) is 31.0. The predicted molar refractivity (Wildman–Crippen MR) is 230 cm³/mol. The Morgan fingerprint density at radius 1 is 0.446 bits per heavy atom. The second-order valence-electron chi connectivity index (χ2n) is 14.3. The Morgan fingerprint density at radius 3 is 1.57 bits per heavy atom. The van der Waals surface area contributed by atoms with Crippen LogP contribution in [0.25, 0.3) is 88.6 Å². The Balaban J connectivity index is 1.29. The van der Waals surface area contributed by atoms with Crippen molar-refractivity contribution in [2.45, 2.75) is 13.8 Å². The smallest absolute Gasteiger partial charge is 0.0806 e. The number of rotatable bonds is 5. The van der Waals surface area contributed by atoms with E-state index >= 15 is 0 Å². The Kier molecular flexibility index (Phi) is 8.00. The SMILES string of the molecule is C=C1C=C(c2cccnc2)c2c(c(C)c3c(-c4cccnc4)nc4cc(-c5cc(-c6cccnc6)cc(-c6cccnc6)c5)ccc4c3c2C)-c2ccccc21. The summed E-state index contributed by atoms with van der Waals surface area (Å²) in [5.41, 5.74) is 19.4. The van der Waals surface area contributed by atoms with Crippen LogP contribution in [-0.4, -0.2) is 24.9 Å². The second kappa shape index (κ2) is 13.5. The van der Waals surface area contributed by atoms with Crippen LogP contribution in [-0.2, 0) is 0 Å². The summed E-state index contributed by atoms with van der Waals surface area (Å²) in [6.45, 7) is 9.09. The number of aromatic nitrogens is 5. The van der Waals surface area contributed by atoms with E-state index < -0.39 is 0 Å². The average Bonchev–Trinajstić information content (AvgIpc) is 3.40. The molecule has 0 N–H and O–H groups in total. The lowest BCUT2D eigenvalue weighted by Crippen LogP contribution is -2.03. The van der Waals surface area contributed by atoms with Gasteiger partial charge in [-0.1, -0.05) is 61.2 Å². The fourth-order valence-corrected chi connectivity index (χ4v) is 8.46. The predicted octanol–water partition coefficient (Wildman–Crippen LogP) is 12.4. The van der Waals surface area contributed by atoms with E-state index in [4.69, 9.17) is 4.98 Å². The molecule has 1 aliphatic rings. The number of pyridine rings is 5. The molecular weight excluding hydrogens is 683 g/mol. The highest BCUT2D eigenvalue weighted by molar-refractivity contribution is 6.19. The van der Waals surface area contributed by atoms with Gasteiger partial charge in [0.1, 0.15) is 0 Å². The molecule has 0 amide bonds. The molecule has 0 bridgehead atoms. The summed E-state index contributed by atoms with van der Waals surface area (Å²) >= 11 is 0. The fourth-order valence-electron chi connectivity index (χ4n) is 8.46. The third-order valence-corrected chi connectivity index (χ3v) is 11.0. The van der Waals surface area contributed by atoms with Crippen molar-refractivity contribution in [2.24, 2.45) is 0 Å². The molecular formula is C51H35N5. The average molecular weight is 718 g/mol. The highest BCUT2D eigenvalue weighted by atomic mass is 14.7. The first-order valence-electron chi connectivity index (χ1n) is 18.7. The molecule has 0 aliphatic heterocycles. The lowest BCUT2D eigenvalue weighted by Gasteiger charge is -2.24. The Bertz CT molecular complexity index is 2970. The van der Waals surface area contributed by atoms with E-state index in [-0.39, 0.29) is 0 Å². The van der Waals surface area contributed by atoms with Crippen molar-refractivity contribution in [2.75, 3.05) is 0 Å². The lowest BCUT2D eigenvalue weighted by atomic mass is 9.80. The van der Waals surface area contributed by atoms with Crippen LogP contribution < -0.4 is 0 Å². The van der Waals surface area contributed by atoms with Gasteiger partial charge in [0.2, 0.25) is 0 Å². The van der Waals surface area contributed by atoms with Crippen molar-refractivity contribution < 1.29 is 0 Å². The monoisotopic (exact) mass is 717 g/mol. The molecule has 0 saturated carbocycles. The second-order valence-corrected chi connectivity index (χ2v) is 14.3. The highest BCUT2D eigenvalue weighted by Crippen LogP contribution is 2.50. The van der Waals surface area contributed by atoms with Gasteiger partial charge >= 0.3 is 0 Å². The first kappa shape index (κ1) is 33.2. The summed E-state index contributed by atoms with van der Waals surface area (Å²) in [6.07, 6.45) is 17.2. The minimum absolute atomic E-state index is 0.911. The zero-order valence-corrected chi connectivity index (χ0v) is 31.0. The van der Waals surface area contributed by atoms with E-state index in [1.807, 2.05) is 73.8 Å². The third-order valence-electron chi connectivity index (χ3n) is 11.0. The highest BCUT2D eigenvalue weighted by Gasteiger charge is 2.28. The molecule has 0 spiro atoms. The molecule has 5 nitrogen and oxygen atoms in total. The minimum atomic E-state index is 0.911. The number of hydrogen-bond acceptors (Lipinski definition) is 5. The topological polar surface area (TPSA) is 64.5 Å². The van der Waals surface area contributed by atoms with Crippen LogP contribution in [0.2, 0.25) is 0 Å². The number of benzene rings is 4. The molecule has 56 heavy (non-hydrogen) atoms. The normalized spacial score (nSPS) is 12.2. The van der Waals surface area contributed by atoms with Crippen molar-refractivity contribution in [3.63, 3.8) is 0 Å². The molecule has 0 fully saturated rings. The molecule has 264 valence electrons. The Hall–Kier alpha value is -7.37. The van der Waals surface area contributed by atoms with Crippen LogP contribution >= 0.6 is 0 Å². The first-order valence-corrected chi connectivity index (χ1v) is 18.7. The molecule has 1 aliphatic carbocycles. The Labute approximate surface area is 325 Å². The molecule has 0 atom stereocenters. The van der Waals surface area contributed by atoms with E-state index in [2.05, 4.69) is 131 Å². The van der Waals surface area contributed by atoms with Crippen molar-refractivity contribution in [3.05, 3.63) is 199 Å². The lowest BCUT2D eigenvalue weighted by molar-refractivity contribution is 1.30. The van der Waals surface area contributed by atoms with Crippen LogP contribution in [0.4, 0.5) is 0 Å². The van der Waals surface area contributed by atoms with Gasteiger partial charge in [0.15, 0.2) is 0 Å². The van der Waals surface area contributed by atoms with Gasteiger partial charge in [0, 0.05) is 82.6 Å². The largest absolute Gasteiger partial charge is 0.264 e. The first-order chi connectivity index (χ1) is 27.5. The quantitative estimate of drug-likeness (QED) is 0.166. The van der Waals surface area contributed by atoms with Gasteiger partial charge in [0.25, 0.3) is 0 Å². The van der Waals surface area contributed by atoms with E-state index in [0.717, 1.165) is 88.8 Å². The van der Waals surface area contributed by atoms with Crippen LogP contribution in [0, 0.1) is 13.8 Å². The van der Waals surface area contributed by atoms with E-state index in [9.17, 15) is 0 Å². The number of aryl methyl sites for hydroxylation is 2. The molecule has 10 rings (SSSR count). The standard InChI is InChI=1S/C51H35N5/c1-31-22-45(37-12-8-20-54-29-37)49-32(2)48-44-17-16-34(39-23-40(35-10-6-18-52-27-35)25-41(24-39)36-11-7-19-53-28-36)26-46(44)56-51(38-13-9-21-55-30-38)50(48)33(3)47(49)43-15-5-4-14-42(31)43/h4-30H,1H2,2-3H3. The van der Waals surface area contributed by atoms with Crippen molar-refractivity contribution in [1.29, 1.82) is 0 Å². The summed E-state index contributed by atoms with van der Waals surface area (Å²) in [5, 5.41) is 3.40. The maximum Gasteiger partial charge on any atom is 0.0806 e. The third kappa shape index (κ3) is 5.52. The zero-order chi connectivity index (χ0) is 37.8. The van der Waals surface area contributed by atoms with Crippen LogP contribution in [0.5, 0.6) is 0 Å². The number of nitrogens with zero attached hydrogens (tertiary/aromatic N) is 5. The van der Waals surface area contributed by atoms with Crippen LogP contribution in [0.15, 0.2) is 171 Å². The molecule has 0 unspecified atom stereocenters. The summed E-state index contributed by atoms with van der Waals surface area (Å²) in [6, 6.07) is 38.4. The van der Waals surface area contributed by atoms with Crippen LogP contribution in [0.1, 0.15) is 27.8 Å². The van der Waals surface area contributed by atoms with Crippen molar-refractivity contribution in [3.8, 4) is 55.8 Å². The van der Waals surface area contributed by atoms with Crippen molar-refractivity contribution >= 4 is 32.8 Å². The molecule has 0 saturated heterocycles. The van der Waals surface area contributed by atoms with Gasteiger partial charge in [0.05, 0.1) is 11.2 Å². The van der Waals surface area contributed by atoms with Gasteiger partial charge in [-0.25, -0.2) is 4.98 Å². The van der Waals surface area contributed by atoms with Gasteiger partial charge in [-0.2, -0.15) is 0 Å². The van der Waals surface area contributed by atoms with E-state index in [1.54, 1.807) is 0 Å². The fraction of sp³-hybridized carbons (Fsp3) is 0.0392. The summed E-state index contributed by atoms with van der Waals surface area (Å²) in [7, 11) is 0. The number of fused-ring (bicyclic) bond motifs is 6. The van der Waals surface area contributed by atoms with Gasteiger partial charge < -0.3 is 0 Å². The summed E-state index contributed by atoms with van der Waals surface area (Å²) in [4.78, 5) is 23.5. The Morgan fingerprint density at radius 2 is 0.982 bits per heavy atom. The van der Waals surface area contributed by atoms with E-state index in [1.165, 1.54) is 27.6 Å². The minimum Gasteiger partial charge on any atom is -0.264 e.